The van der Waals surface area contributed by atoms with E-state index in [1.165, 1.54) is 24.3 Å². The van der Waals surface area contributed by atoms with E-state index in [-0.39, 0.29) is 28.5 Å². The summed E-state index contributed by atoms with van der Waals surface area (Å²) in [7, 11) is -2.80. The third kappa shape index (κ3) is 9.94. The number of nitrogens with zero attached hydrogens (tertiary/aromatic N) is 3. The third-order valence-corrected chi connectivity index (χ3v) is 7.10. The summed E-state index contributed by atoms with van der Waals surface area (Å²) >= 11 is 5.56. The smallest absolute Gasteiger partial charge is 0.337 e. The molecule has 1 N–H and O–H groups in total. The summed E-state index contributed by atoms with van der Waals surface area (Å²) in [6.07, 6.45) is -8.45. The van der Waals surface area contributed by atoms with E-state index in [1.807, 2.05) is 0 Å². The highest BCUT2D eigenvalue weighted by atomic mass is 35.5. The normalized spacial score (nSPS) is 11.7. The monoisotopic (exact) mass is 707 g/mol. The number of carbonyl (C=O) groups is 2. The zero-order valence-electron chi connectivity index (χ0n) is 23.9. The third-order valence-electron chi connectivity index (χ3n) is 6.00. The molecule has 3 aromatic carbocycles. The molecule has 0 spiro atoms. The average molecular weight is 708 g/mol. The number of carbonyl (C=O) groups excluding carboxylic acids is 2. The van der Waals surface area contributed by atoms with Crippen molar-refractivity contribution in [3.8, 4) is 11.3 Å². The predicted molar refractivity (Wildman–Crippen MR) is 152 cm³/mol. The first-order valence-electron chi connectivity index (χ1n) is 12.7. The average Bonchev–Trinajstić information content (AvgIpc) is 2.99. The first-order chi connectivity index (χ1) is 21.7. The van der Waals surface area contributed by atoms with Crippen LogP contribution in [-0.2, 0) is 33.6 Å². The summed E-state index contributed by atoms with van der Waals surface area (Å²) in [5.41, 5.74) is -3.72. The highest BCUT2D eigenvalue weighted by molar-refractivity contribution is 7.90. The maximum absolute atomic E-state index is 13.4. The molecule has 47 heavy (non-hydrogen) atoms. The van der Waals surface area contributed by atoms with Crippen LogP contribution in [0.15, 0.2) is 78.1 Å². The molecule has 4 rings (SSSR count). The lowest BCUT2D eigenvalue weighted by Gasteiger charge is -2.21. The SMILES string of the molecule is CN(Cc1cc(C(F)(F)F)cc(C(F)(F)F)c1)C(=O)c1cnc(S(C)(=O)=O)nc1-c1ccc(F)cc1.O=C(OO)c1cccc(Cl)c1. The minimum atomic E-state index is -5.07. The van der Waals surface area contributed by atoms with Crippen LogP contribution in [0, 0.1) is 5.82 Å². The molecule has 0 bridgehead atoms. The van der Waals surface area contributed by atoms with Crippen molar-refractivity contribution >= 4 is 33.3 Å². The van der Waals surface area contributed by atoms with Crippen LogP contribution in [0.5, 0.6) is 0 Å². The van der Waals surface area contributed by atoms with Crippen molar-refractivity contribution in [2.75, 3.05) is 13.3 Å². The summed E-state index contributed by atoms with van der Waals surface area (Å²) < 4.78 is 116. The number of benzene rings is 3. The summed E-state index contributed by atoms with van der Waals surface area (Å²) in [6, 6.07) is 11.5. The lowest BCUT2D eigenvalue weighted by Crippen LogP contribution is -2.28. The fraction of sp³-hybridized carbons (Fsp3) is 0.172. The molecular weight excluding hydrogens is 687 g/mol. The largest absolute Gasteiger partial charge is 0.416 e. The van der Waals surface area contributed by atoms with Crippen molar-refractivity contribution in [3.05, 3.63) is 112 Å². The number of halogens is 8. The van der Waals surface area contributed by atoms with Gasteiger partial charge in [0.25, 0.3) is 5.91 Å². The Morgan fingerprint density at radius 2 is 1.51 bits per heavy atom. The minimum Gasteiger partial charge on any atom is -0.337 e. The van der Waals surface area contributed by atoms with Crippen LogP contribution < -0.4 is 0 Å². The molecule has 0 saturated heterocycles. The van der Waals surface area contributed by atoms with E-state index in [0.29, 0.717) is 17.2 Å². The molecule has 250 valence electrons. The summed E-state index contributed by atoms with van der Waals surface area (Å²) in [5.74, 6) is -2.38. The Kier molecular flexibility index (Phi) is 11.3. The molecule has 0 aliphatic heterocycles. The van der Waals surface area contributed by atoms with E-state index in [2.05, 4.69) is 14.9 Å². The van der Waals surface area contributed by atoms with Crippen molar-refractivity contribution in [2.45, 2.75) is 24.1 Å². The fourth-order valence-electron chi connectivity index (χ4n) is 3.86. The topological polar surface area (TPSA) is 127 Å². The van der Waals surface area contributed by atoms with Gasteiger partial charge in [0.15, 0.2) is 0 Å². The Morgan fingerprint density at radius 3 is 2.00 bits per heavy atom. The van der Waals surface area contributed by atoms with Crippen LogP contribution in [0.2, 0.25) is 5.02 Å². The number of rotatable bonds is 6. The Bertz CT molecular complexity index is 1850. The van der Waals surface area contributed by atoms with Gasteiger partial charge in [-0.1, -0.05) is 17.7 Å². The van der Waals surface area contributed by atoms with E-state index in [0.717, 1.165) is 36.5 Å². The molecular formula is C29H21ClF7N3O6S. The number of sulfone groups is 1. The molecule has 1 amide bonds. The molecule has 0 unspecified atom stereocenters. The fourth-order valence-corrected chi connectivity index (χ4v) is 4.55. The maximum atomic E-state index is 13.4. The van der Waals surface area contributed by atoms with Crippen molar-refractivity contribution in [1.29, 1.82) is 0 Å². The van der Waals surface area contributed by atoms with Crippen molar-refractivity contribution in [3.63, 3.8) is 0 Å². The summed E-state index contributed by atoms with van der Waals surface area (Å²) in [6.45, 7) is -0.664. The number of alkyl halides is 6. The quantitative estimate of drug-likeness (QED) is 0.0986. The van der Waals surface area contributed by atoms with Gasteiger partial charge in [-0.25, -0.2) is 27.6 Å². The molecule has 9 nitrogen and oxygen atoms in total. The number of hydrogen-bond acceptors (Lipinski definition) is 8. The van der Waals surface area contributed by atoms with E-state index < -0.39 is 68.3 Å². The zero-order valence-corrected chi connectivity index (χ0v) is 25.5. The van der Waals surface area contributed by atoms with Gasteiger partial charge < -0.3 is 4.90 Å². The molecule has 1 aromatic heterocycles. The number of amides is 1. The van der Waals surface area contributed by atoms with E-state index >= 15 is 0 Å². The first kappa shape index (κ1) is 36.9. The minimum absolute atomic E-state index is 0.0320. The van der Waals surface area contributed by atoms with Gasteiger partial charge in [0, 0.05) is 36.6 Å². The summed E-state index contributed by atoms with van der Waals surface area (Å²) in [5, 5.41) is 7.77. The second-order valence-electron chi connectivity index (χ2n) is 9.66. The van der Waals surface area contributed by atoms with E-state index in [1.54, 1.807) is 12.1 Å². The van der Waals surface area contributed by atoms with Gasteiger partial charge in [-0.05, 0) is 66.2 Å². The van der Waals surface area contributed by atoms with Gasteiger partial charge in [0.1, 0.15) is 5.82 Å². The lowest BCUT2D eigenvalue weighted by atomic mass is 10.0. The zero-order chi connectivity index (χ0) is 35.3. The van der Waals surface area contributed by atoms with Crippen LogP contribution in [0.1, 0.15) is 37.4 Å². The Hall–Kier alpha value is -4.61. The molecule has 0 aliphatic rings. The highest BCUT2D eigenvalue weighted by Crippen LogP contribution is 2.36. The predicted octanol–water partition coefficient (Wildman–Crippen LogP) is 6.97. The summed E-state index contributed by atoms with van der Waals surface area (Å²) in [4.78, 5) is 35.6. The molecule has 0 atom stereocenters. The van der Waals surface area contributed by atoms with Crippen LogP contribution in [-0.4, -0.2) is 53.7 Å². The molecule has 18 heteroatoms. The van der Waals surface area contributed by atoms with E-state index in [4.69, 9.17) is 16.9 Å². The van der Waals surface area contributed by atoms with Gasteiger partial charge >= 0.3 is 18.3 Å². The molecule has 1 heterocycles. The van der Waals surface area contributed by atoms with Gasteiger partial charge in [-0.2, -0.15) is 31.6 Å². The standard InChI is InChI=1S/C22H16F7N3O3S.C7H5ClO3/c1-32(11-12-7-14(21(24,25)26)9-15(8-12)22(27,28)29)19(33)17-10-30-20(36(2,34)35)31-18(17)13-3-5-16(23)6-4-13;8-6-3-1-2-5(4-6)7(9)11-10/h3-10H,11H2,1-2H3;1-4,10H. The van der Waals surface area contributed by atoms with Crippen molar-refractivity contribution in [1.82, 2.24) is 14.9 Å². The lowest BCUT2D eigenvalue weighted by molar-refractivity contribution is -0.182. The highest BCUT2D eigenvalue weighted by Gasteiger charge is 2.37. The van der Waals surface area contributed by atoms with Gasteiger partial charge in [-0.15, -0.1) is 0 Å². The van der Waals surface area contributed by atoms with Gasteiger partial charge in [-0.3, -0.25) is 9.68 Å². The second kappa shape index (κ2) is 14.4. The Balaban J connectivity index is 0.000000461. The molecule has 0 saturated carbocycles. The van der Waals surface area contributed by atoms with Crippen LogP contribution in [0.4, 0.5) is 30.7 Å². The van der Waals surface area contributed by atoms with Gasteiger partial charge in [0.05, 0.1) is 27.9 Å². The van der Waals surface area contributed by atoms with Gasteiger partial charge in [0.2, 0.25) is 15.0 Å². The number of hydrogen-bond donors (Lipinski definition) is 1. The molecule has 0 fully saturated rings. The van der Waals surface area contributed by atoms with Crippen LogP contribution in [0.3, 0.4) is 0 Å². The van der Waals surface area contributed by atoms with Crippen molar-refractivity contribution in [2.24, 2.45) is 0 Å². The number of aromatic nitrogens is 2. The second-order valence-corrected chi connectivity index (χ2v) is 12.0. The maximum Gasteiger partial charge on any atom is 0.416 e. The van der Waals surface area contributed by atoms with E-state index in [9.17, 15) is 48.7 Å². The first-order valence-corrected chi connectivity index (χ1v) is 15.0. The molecule has 0 aliphatic carbocycles. The van der Waals surface area contributed by atoms with Crippen LogP contribution >= 0.6 is 11.6 Å². The Labute approximate surface area is 267 Å². The molecule has 0 radical (unpaired) electrons. The van der Waals surface area contributed by atoms with Crippen molar-refractivity contribution < 1.29 is 58.9 Å². The van der Waals surface area contributed by atoms with Crippen LogP contribution in [0.25, 0.3) is 11.3 Å². The molecule has 4 aromatic rings. The Morgan fingerprint density at radius 1 is 0.936 bits per heavy atom.